The van der Waals surface area contributed by atoms with E-state index in [1.165, 1.54) is 24.6 Å². The Balaban J connectivity index is 1.66. The van der Waals surface area contributed by atoms with E-state index >= 15 is 0 Å². The van der Waals surface area contributed by atoms with Crippen LogP contribution < -0.4 is 5.32 Å². The first-order valence-electron chi connectivity index (χ1n) is 6.59. The number of amides is 2. The molecule has 0 aromatic heterocycles. The SMILES string of the molecule is C[C@@H](CNC(=O)CN1CCSC1=O)N1CCCC1. The van der Waals surface area contributed by atoms with Crippen molar-refractivity contribution in [3.63, 3.8) is 0 Å². The molecule has 2 rings (SSSR count). The average Bonchev–Trinajstić information content (AvgIpc) is 2.99. The van der Waals surface area contributed by atoms with E-state index in [0.717, 1.165) is 18.8 Å². The van der Waals surface area contributed by atoms with Crippen molar-refractivity contribution in [1.29, 1.82) is 0 Å². The summed E-state index contributed by atoms with van der Waals surface area (Å²) < 4.78 is 0. The van der Waals surface area contributed by atoms with Crippen molar-refractivity contribution in [2.75, 3.05) is 38.5 Å². The highest BCUT2D eigenvalue weighted by atomic mass is 32.2. The van der Waals surface area contributed by atoms with Gasteiger partial charge >= 0.3 is 0 Å². The zero-order chi connectivity index (χ0) is 13.0. The number of carbonyl (C=O) groups is 2. The van der Waals surface area contributed by atoms with Gasteiger partial charge in [0.15, 0.2) is 0 Å². The minimum absolute atomic E-state index is 0.0257. The van der Waals surface area contributed by atoms with Crippen LogP contribution in [0.5, 0.6) is 0 Å². The second-order valence-electron chi connectivity index (χ2n) is 4.93. The normalized spacial score (nSPS) is 22.5. The number of likely N-dealkylation sites (tertiary alicyclic amines) is 1. The van der Waals surface area contributed by atoms with E-state index < -0.39 is 0 Å². The van der Waals surface area contributed by atoms with E-state index in [1.54, 1.807) is 4.90 Å². The average molecular weight is 271 g/mol. The van der Waals surface area contributed by atoms with Gasteiger partial charge in [-0.1, -0.05) is 11.8 Å². The van der Waals surface area contributed by atoms with Crippen LogP contribution >= 0.6 is 11.8 Å². The summed E-state index contributed by atoms with van der Waals surface area (Å²) >= 11 is 1.29. The number of carbonyl (C=O) groups excluding carboxylic acids is 2. The van der Waals surface area contributed by atoms with Gasteiger partial charge in [-0.15, -0.1) is 0 Å². The van der Waals surface area contributed by atoms with Crippen molar-refractivity contribution in [3.8, 4) is 0 Å². The lowest BCUT2D eigenvalue weighted by Crippen LogP contribution is -2.44. The predicted octanol–water partition coefficient (Wildman–Crippen LogP) is 0.756. The Morgan fingerprint density at radius 3 is 2.72 bits per heavy atom. The maximum atomic E-state index is 11.7. The molecule has 102 valence electrons. The predicted molar refractivity (Wildman–Crippen MR) is 72.7 cm³/mol. The number of hydrogen-bond donors (Lipinski definition) is 1. The van der Waals surface area contributed by atoms with Crippen LogP contribution in [0.3, 0.4) is 0 Å². The molecule has 2 saturated heterocycles. The zero-order valence-corrected chi connectivity index (χ0v) is 11.7. The lowest BCUT2D eigenvalue weighted by molar-refractivity contribution is -0.121. The van der Waals surface area contributed by atoms with Crippen LogP contribution in [0.2, 0.25) is 0 Å². The summed E-state index contributed by atoms with van der Waals surface area (Å²) in [6.45, 7) is 5.99. The number of thioether (sulfide) groups is 1. The number of rotatable bonds is 5. The first-order chi connectivity index (χ1) is 8.66. The van der Waals surface area contributed by atoms with Crippen molar-refractivity contribution in [2.45, 2.75) is 25.8 Å². The van der Waals surface area contributed by atoms with Gasteiger partial charge < -0.3 is 10.2 Å². The molecule has 0 aliphatic carbocycles. The monoisotopic (exact) mass is 271 g/mol. The Hall–Kier alpha value is -0.750. The van der Waals surface area contributed by atoms with Crippen molar-refractivity contribution in [3.05, 3.63) is 0 Å². The smallest absolute Gasteiger partial charge is 0.282 e. The summed E-state index contributed by atoms with van der Waals surface area (Å²) in [5.41, 5.74) is 0. The molecule has 6 heteroatoms. The number of nitrogens with one attached hydrogen (secondary N) is 1. The van der Waals surface area contributed by atoms with Crippen molar-refractivity contribution < 1.29 is 9.59 Å². The van der Waals surface area contributed by atoms with Crippen molar-refractivity contribution in [2.24, 2.45) is 0 Å². The molecule has 18 heavy (non-hydrogen) atoms. The van der Waals surface area contributed by atoms with E-state index in [0.29, 0.717) is 19.1 Å². The number of hydrogen-bond acceptors (Lipinski definition) is 4. The van der Waals surface area contributed by atoms with Gasteiger partial charge in [0.25, 0.3) is 5.24 Å². The third-order valence-corrected chi connectivity index (χ3v) is 4.43. The fraction of sp³-hybridized carbons (Fsp3) is 0.833. The molecule has 0 aromatic rings. The van der Waals surface area contributed by atoms with Gasteiger partial charge in [0.2, 0.25) is 5.91 Å². The van der Waals surface area contributed by atoms with Crippen LogP contribution in [0, 0.1) is 0 Å². The minimum Gasteiger partial charge on any atom is -0.353 e. The molecule has 0 spiro atoms. The molecule has 0 saturated carbocycles. The van der Waals surface area contributed by atoms with Crippen molar-refractivity contribution in [1.82, 2.24) is 15.1 Å². The highest BCUT2D eigenvalue weighted by Crippen LogP contribution is 2.16. The molecule has 2 heterocycles. The molecule has 0 bridgehead atoms. The van der Waals surface area contributed by atoms with E-state index in [-0.39, 0.29) is 17.7 Å². The summed E-state index contributed by atoms with van der Waals surface area (Å²) in [6.07, 6.45) is 2.52. The van der Waals surface area contributed by atoms with E-state index in [4.69, 9.17) is 0 Å². The first kappa shape index (κ1) is 13.7. The maximum Gasteiger partial charge on any atom is 0.282 e. The van der Waals surface area contributed by atoms with E-state index in [2.05, 4.69) is 17.1 Å². The third-order valence-electron chi connectivity index (χ3n) is 3.54. The third kappa shape index (κ3) is 3.62. The molecule has 0 radical (unpaired) electrons. The minimum atomic E-state index is -0.0445. The lowest BCUT2D eigenvalue weighted by atomic mass is 10.3. The van der Waals surface area contributed by atoms with Crippen molar-refractivity contribution >= 4 is 22.9 Å². The largest absolute Gasteiger partial charge is 0.353 e. The van der Waals surface area contributed by atoms with Gasteiger partial charge in [0.05, 0.1) is 0 Å². The molecule has 0 unspecified atom stereocenters. The molecule has 0 aromatic carbocycles. The lowest BCUT2D eigenvalue weighted by Gasteiger charge is -2.24. The van der Waals surface area contributed by atoms with Gasteiger partial charge in [-0.2, -0.15) is 0 Å². The summed E-state index contributed by atoms with van der Waals surface area (Å²) in [4.78, 5) is 27.1. The summed E-state index contributed by atoms with van der Waals surface area (Å²) in [5, 5.41) is 2.95. The molecule has 2 amide bonds. The zero-order valence-electron chi connectivity index (χ0n) is 10.9. The van der Waals surface area contributed by atoms with Crippen LogP contribution in [-0.2, 0) is 4.79 Å². The second-order valence-corrected chi connectivity index (χ2v) is 5.98. The maximum absolute atomic E-state index is 11.7. The Morgan fingerprint density at radius 2 is 2.11 bits per heavy atom. The fourth-order valence-corrected chi connectivity index (χ4v) is 3.20. The molecule has 2 aliphatic heterocycles. The standard InChI is InChI=1S/C12H21N3O2S/c1-10(14-4-2-3-5-14)8-13-11(16)9-15-6-7-18-12(15)17/h10H,2-9H2,1H3,(H,13,16)/t10-/m0/s1. The van der Waals surface area contributed by atoms with Gasteiger partial charge in [0, 0.05) is 24.9 Å². The molecule has 1 N–H and O–H groups in total. The molecule has 5 nitrogen and oxygen atoms in total. The Bertz CT molecular complexity index is 318. The van der Waals surface area contributed by atoms with Crippen LogP contribution in [0.25, 0.3) is 0 Å². The fourth-order valence-electron chi connectivity index (χ4n) is 2.37. The summed E-state index contributed by atoms with van der Waals surface area (Å²) in [7, 11) is 0. The Kier molecular flexibility index (Phi) is 4.88. The quantitative estimate of drug-likeness (QED) is 0.802. The first-order valence-corrected chi connectivity index (χ1v) is 7.58. The molecular formula is C12H21N3O2S. The van der Waals surface area contributed by atoms with Gasteiger partial charge in [-0.25, -0.2) is 0 Å². The van der Waals surface area contributed by atoms with Crippen LogP contribution in [0.15, 0.2) is 0 Å². The van der Waals surface area contributed by atoms with Gasteiger partial charge in [0.1, 0.15) is 6.54 Å². The van der Waals surface area contributed by atoms with Crippen LogP contribution in [-0.4, -0.2) is 65.5 Å². The highest BCUT2D eigenvalue weighted by molar-refractivity contribution is 8.13. The molecular weight excluding hydrogens is 250 g/mol. The van der Waals surface area contributed by atoms with Crippen LogP contribution in [0.1, 0.15) is 19.8 Å². The number of nitrogens with zero attached hydrogens (tertiary/aromatic N) is 2. The molecule has 2 aliphatic rings. The second kappa shape index (κ2) is 6.43. The Labute approximate surface area is 112 Å². The molecule has 2 fully saturated rings. The summed E-state index contributed by atoms with van der Waals surface area (Å²) in [6, 6.07) is 0.389. The molecule has 1 atom stereocenters. The Morgan fingerprint density at radius 1 is 1.39 bits per heavy atom. The highest BCUT2D eigenvalue weighted by Gasteiger charge is 2.24. The van der Waals surface area contributed by atoms with Crippen LogP contribution in [0.4, 0.5) is 4.79 Å². The summed E-state index contributed by atoms with van der Waals surface area (Å²) in [5.74, 6) is 0.757. The van der Waals surface area contributed by atoms with E-state index in [1.807, 2.05) is 0 Å². The van der Waals surface area contributed by atoms with Gasteiger partial charge in [-0.3, -0.25) is 14.5 Å². The topological polar surface area (TPSA) is 52.7 Å². The van der Waals surface area contributed by atoms with E-state index in [9.17, 15) is 9.59 Å². The van der Waals surface area contributed by atoms with Gasteiger partial charge in [-0.05, 0) is 32.9 Å².